The van der Waals surface area contributed by atoms with E-state index in [1.54, 1.807) is 36.4 Å². The molecule has 3 aromatic rings. The number of halogens is 1. The fourth-order valence-electron chi connectivity index (χ4n) is 3.13. The first kappa shape index (κ1) is 18.0. The summed E-state index contributed by atoms with van der Waals surface area (Å²) in [4.78, 5) is 12.2. The average Bonchev–Trinajstić information content (AvgIpc) is 3.29. The molecule has 4 rings (SSSR count). The SMILES string of the molecule is O=C(NCc1nnc2n1CCC2)Nc1cccc(OCc2cccc(F)c2)c1. The summed E-state index contributed by atoms with van der Waals surface area (Å²) >= 11 is 0. The summed E-state index contributed by atoms with van der Waals surface area (Å²) in [7, 11) is 0. The minimum absolute atomic E-state index is 0.241. The van der Waals surface area contributed by atoms with Crippen LogP contribution in [0, 0.1) is 5.82 Å². The van der Waals surface area contributed by atoms with Crippen molar-refractivity contribution < 1.29 is 13.9 Å². The molecule has 0 spiro atoms. The molecule has 1 aliphatic rings. The van der Waals surface area contributed by atoms with Crippen LogP contribution in [0.4, 0.5) is 14.9 Å². The molecule has 1 aliphatic heterocycles. The van der Waals surface area contributed by atoms with Crippen molar-refractivity contribution in [3.8, 4) is 5.75 Å². The number of hydrogen-bond acceptors (Lipinski definition) is 4. The largest absolute Gasteiger partial charge is 0.489 e. The average molecular weight is 381 g/mol. The highest BCUT2D eigenvalue weighted by Gasteiger charge is 2.17. The minimum Gasteiger partial charge on any atom is -0.489 e. The van der Waals surface area contributed by atoms with Crippen molar-refractivity contribution >= 4 is 11.7 Å². The number of rotatable bonds is 6. The molecule has 7 nitrogen and oxygen atoms in total. The molecule has 0 saturated heterocycles. The Labute approximate surface area is 161 Å². The quantitative estimate of drug-likeness (QED) is 0.687. The predicted molar refractivity (Wildman–Crippen MR) is 101 cm³/mol. The van der Waals surface area contributed by atoms with Gasteiger partial charge in [-0.1, -0.05) is 18.2 Å². The van der Waals surface area contributed by atoms with Gasteiger partial charge in [-0.25, -0.2) is 9.18 Å². The van der Waals surface area contributed by atoms with Gasteiger partial charge in [0.25, 0.3) is 0 Å². The topological polar surface area (TPSA) is 81.1 Å². The zero-order chi connectivity index (χ0) is 19.3. The molecule has 0 fully saturated rings. The molecule has 144 valence electrons. The van der Waals surface area contributed by atoms with Crippen LogP contribution in [0.15, 0.2) is 48.5 Å². The Morgan fingerprint density at radius 2 is 2.07 bits per heavy atom. The maximum atomic E-state index is 13.2. The summed E-state index contributed by atoms with van der Waals surface area (Å²) in [5.74, 6) is 2.01. The van der Waals surface area contributed by atoms with Crippen molar-refractivity contribution in [2.75, 3.05) is 5.32 Å². The van der Waals surface area contributed by atoms with Gasteiger partial charge in [0.1, 0.15) is 24.0 Å². The number of urea groups is 1. The highest BCUT2D eigenvalue weighted by molar-refractivity contribution is 5.89. The van der Waals surface area contributed by atoms with Crippen LogP contribution in [-0.4, -0.2) is 20.8 Å². The van der Waals surface area contributed by atoms with E-state index < -0.39 is 0 Å². The number of aryl methyl sites for hydroxylation is 1. The number of fused-ring (bicyclic) bond motifs is 1. The summed E-state index contributed by atoms with van der Waals surface area (Å²) in [6.07, 6.45) is 1.99. The molecule has 0 saturated carbocycles. The normalized spacial score (nSPS) is 12.5. The molecule has 0 atom stereocenters. The lowest BCUT2D eigenvalue weighted by atomic mass is 10.2. The molecule has 0 unspecified atom stereocenters. The van der Waals surface area contributed by atoms with Crippen molar-refractivity contribution in [1.82, 2.24) is 20.1 Å². The number of ether oxygens (including phenoxy) is 1. The molecule has 0 aliphatic carbocycles. The van der Waals surface area contributed by atoms with Gasteiger partial charge in [-0.05, 0) is 36.2 Å². The Bertz CT molecular complexity index is 988. The number of carbonyl (C=O) groups excluding carboxylic acids is 1. The van der Waals surface area contributed by atoms with E-state index in [0.717, 1.165) is 36.6 Å². The van der Waals surface area contributed by atoms with Gasteiger partial charge in [-0.15, -0.1) is 10.2 Å². The van der Waals surface area contributed by atoms with Crippen LogP contribution in [0.1, 0.15) is 23.6 Å². The van der Waals surface area contributed by atoms with Crippen LogP contribution in [0.25, 0.3) is 0 Å². The molecule has 2 N–H and O–H groups in total. The van der Waals surface area contributed by atoms with E-state index in [1.807, 2.05) is 4.57 Å². The summed E-state index contributed by atoms with van der Waals surface area (Å²) < 4.78 is 20.9. The molecular formula is C20H20FN5O2. The first-order chi connectivity index (χ1) is 13.7. The van der Waals surface area contributed by atoms with Crippen LogP contribution in [0.5, 0.6) is 5.75 Å². The molecule has 0 bridgehead atoms. The zero-order valence-corrected chi connectivity index (χ0v) is 15.2. The van der Waals surface area contributed by atoms with Crippen LogP contribution in [0.2, 0.25) is 0 Å². The van der Waals surface area contributed by atoms with Crippen LogP contribution >= 0.6 is 0 Å². The number of carbonyl (C=O) groups is 1. The number of anilines is 1. The molecule has 8 heteroatoms. The second kappa shape index (κ2) is 8.08. The lowest BCUT2D eigenvalue weighted by molar-refractivity contribution is 0.251. The molecule has 2 heterocycles. The van der Waals surface area contributed by atoms with Gasteiger partial charge < -0.3 is 19.9 Å². The maximum absolute atomic E-state index is 13.2. The Morgan fingerprint density at radius 1 is 1.18 bits per heavy atom. The van der Waals surface area contributed by atoms with Gasteiger partial charge >= 0.3 is 6.03 Å². The second-order valence-electron chi connectivity index (χ2n) is 6.54. The Kier molecular flexibility index (Phi) is 5.18. The minimum atomic E-state index is -0.336. The standard InChI is InChI=1S/C20H20FN5O2/c21-15-5-1-4-14(10-15)13-28-17-7-2-6-16(11-17)23-20(27)22-12-19-25-24-18-8-3-9-26(18)19/h1-2,4-7,10-11H,3,8-9,12-13H2,(H2,22,23,27). The highest BCUT2D eigenvalue weighted by Crippen LogP contribution is 2.19. The van der Waals surface area contributed by atoms with E-state index in [0.29, 0.717) is 18.0 Å². The van der Waals surface area contributed by atoms with E-state index in [-0.39, 0.29) is 18.5 Å². The van der Waals surface area contributed by atoms with Crippen LogP contribution in [-0.2, 0) is 26.1 Å². The number of amides is 2. The van der Waals surface area contributed by atoms with Crippen LogP contribution < -0.4 is 15.4 Å². The Morgan fingerprint density at radius 3 is 2.96 bits per heavy atom. The fraction of sp³-hybridized carbons (Fsp3) is 0.250. The summed E-state index contributed by atoms with van der Waals surface area (Å²) in [5, 5.41) is 13.8. The highest BCUT2D eigenvalue weighted by atomic mass is 19.1. The number of nitrogens with one attached hydrogen (secondary N) is 2. The Balaban J connectivity index is 1.30. The molecule has 2 aromatic carbocycles. The lowest BCUT2D eigenvalue weighted by Gasteiger charge is -2.10. The molecular weight excluding hydrogens is 361 g/mol. The van der Waals surface area contributed by atoms with Crippen molar-refractivity contribution in [3.05, 3.63) is 71.6 Å². The first-order valence-electron chi connectivity index (χ1n) is 9.10. The van der Waals surface area contributed by atoms with E-state index in [1.165, 1.54) is 12.1 Å². The van der Waals surface area contributed by atoms with Crippen molar-refractivity contribution in [2.24, 2.45) is 0 Å². The third-order valence-electron chi connectivity index (χ3n) is 4.48. The van der Waals surface area contributed by atoms with Gasteiger partial charge in [0.2, 0.25) is 0 Å². The van der Waals surface area contributed by atoms with Gasteiger partial charge in [-0.2, -0.15) is 0 Å². The van der Waals surface area contributed by atoms with Gasteiger partial charge in [0.05, 0.1) is 6.54 Å². The summed E-state index contributed by atoms with van der Waals surface area (Å²) in [6.45, 7) is 1.45. The lowest BCUT2D eigenvalue weighted by Crippen LogP contribution is -2.29. The molecule has 0 radical (unpaired) electrons. The van der Waals surface area contributed by atoms with E-state index in [9.17, 15) is 9.18 Å². The van der Waals surface area contributed by atoms with Crippen LogP contribution in [0.3, 0.4) is 0 Å². The van der Waals surface area contributed by atoms with Gasteiger partial charge in [-0.3, -0.25) is 0 Å². The van der Waals surface area contributed by atoms with Crippen molar-refractivity contribution in [3.63, 3.8) is 0 Å². The van der Waals surface area contributed by atoms with E-state index >= 15 is 0 Å². The maximum Gasteiger partial charge on any atom is 0.319 e. The smallest absolute Gasteiger partial charge is 0.319 e. The number of nitrogens with zero attached hydrogens (tertiary/aromatic N) is 3. The van der Waals surface area contributed by atoms with Crippen molar-refractivity contribution in [2.45, 2.75) is 32.5 Å². The zero-order valence-electron chi connectivity index (χ0n) is 15.2. The summed E-state index contributed by atoms with van der Waals surface area (Å²) in [5.41, 5.74) is 1.33. The number of aromatic nitrogens is 3. The van der Waals surface area contributed by atoms with Crippen molar-refractivity contribution in [1.29, 1.82) is 0 Å². The molecule has 28 heavy (non-hydrogen) atoms. The monoisotopic (exact) mass is 381 g/mol. The van der Waals surface area contributed by atoms with Gasteiger partial charge in [0, 0.05) is 24.7 Å². The Hall–Kier alpha value is -3.42. The second-order valence-corrected chi connectivity index (χ2v) is 6.54. The third kappa shape index (κ3) is 4.28. The number of benzene rings is 2. The summed E-state index contributed by atoms with van der Waals surface area (Å²) in [6, 6.07) is 13.0. The first-order valence-corrected chi connectivity index (χ1v) is 9.10. The van der Waals surface area contributed by atoms with E-state index in [4.69, 9.17) is 4.74 Å². The molecule has 1 aromatic heterocycles. The van der Waals surface area contributed by atoms with Gasteiger partial charge in [0.15, 0.2) is 5.82 Å². The van der Waals surface area contributed by atoms with E-state index in [2.05, 4.69) is 20.8 Å². The number of hydrogen-bond donors (Lipinski definition) is 2. The fourth-order valence-corrected chi connectivity index (χ4v) is 3.13. The predicted octanol–water partition coefficient (Wildman–Crippen LogP) is 3.26. The third-order valence-corrected chi connectivity index (χ3v) is 4.48. The molecule has 2 amide bonds.